The van der Waals surface area contributed by atoms with E-state index in [4.69, 9.17) is 10.00 Å². The summed E-state index contributed by atoms with van der Waals surface area (Å²) in [4.78, 5) is 1.93. The van der Waals surface area contributed by atoms with Crippen molar-refractivity contribution in [3.63, 3.8) is 0 Å². The molecule has 3 nitrogen and oxygen atoms in total. The summed E-state index contributed by atoms with van der Waals surface area (Å²) in [5, 5.41) is 18.3. The molecular weight excluding hydrogens is 246 g/mol. The summed E-state index contributed by atoms with van der Waals surface area (Å²) in [6.07, 6.45) is 0. The molecule has 0 spiro atoms. The minimum absolute atomic E-state index is 0.0102. The van der Waals surface area contributed by atoms with Gasteiger partial charge in [-0.25, -0.2) is 0 Å². The van der Waals surface area contributed by atoms with Gasteiger partial charge in [-0.15, -0.1) is 0 Å². The summed E-state index contributed by atoms with van der Waals surface area (Å²) in [6.45, 7) is 0. The van der Waals surface area contributed by atoms with Crippen LogP contribution in [0.4, 0.5) is 0 Å². The van der Waals surface area contributed by atoms with Gasteiger partial charge >= 0.3 is 0 Å². The van der Waals surface area contributed by atoms with E-state index in [1.54, 1.807) is 19.2 Å². The number of methoxy groups -OCH3 is 1. The molecule has 2 aromatic rings. The Labute approximate surface area is 110 Å². The molecule has 4 heteroatoms. The monoisotopic (exact) mass is 257 g/mol. The van der Waals surface area contributed by atoms with Crippen LogP contribution in [-0.2, 0) is 0 Å². The first kappa shape index (κ1) is 12.3. The highest BCUT2D eigenvalue weighted by Gasteiger charge is 2.03. The topological polar surface area (TPSA) is 53.2 Å². The van der Waals surface area contributed by atoms with Gasteiger partial charge in [-0.05, 0) is 42.5 Å². The first-order valence-electron chi connectivity index (χ1n) is 5.28. The maximum atomic E-state index is 9.60. The zero-order valence-electron chi connectivity index (χ0n) is 9.75. The number of rotatable bonds is 3. The van der Waals surface area contributed by atoms with Gasteiger partial charge in [-0.3, -0.25) is 0 Å². The Hall–Kier alpha value is -2.12. The van der Waals surface area contributed by atoms with E-state index < -0.39 is 0 Å². The summed E-state index contributed by atoms with van der Waals surface area (Å²) < 4.78 is 5.08. The van der Waals surface area contributed by atoms with E-state index in [-0.39, 0.29) is 11.3 Å². The third-order valence-electron chi connectivity index (χ3n) is 2.38. The van der Waals surface area contributed by atoms with E-state index >= 15 is 0 Å². The minimum Gasteiger partial charge on any atom is -0.507 e. The molecule has 0 unspecified atom stereocenters. The lowest BCUT2D eigenvalue weighted by Gasteiger charge is -2.04. The average Bonchev–Trinajstić information content (AvgIpc) is 2.40. The average molecular weight is 257 g/mol. The molecule has 18 heavy (non-hydrogen) atoms. The predicted octanol–water partition coefficient (Wildman–Crippen LogP) is 3.42. The van der Waals surface area contributed by atoms with Gasteiger partial charge in [0.25, 0.3) is 0 Å². The molecule has 0 heterocycles. The van der Waals surface area contributed by atoms with Crippen molar-refractivity contribution in [3.05, 3.63) is 48.0 Å². The lowest BCUT2D eigenvalue weighted by Crippen LogP contribution is -1.82. The molecule has 0 amide bonds. The maximum absolute atomic E-state index is 9.60. The molecule has 2 aromatic carbocycles. The minimum atomic E-state index is 0.0102. The molecule has 0 saturated heterocycles. The lowest BCUT2D eigenvalue weighted by atomic mass is 10.2. The second-order valence-electron chi connectivity index (χ2n) is 3.57. The molecule has 90 valence electrons. The molecule has 0 bridgehead atoms. The van der Waals surface area contributed by atoms with Crippen molar-refractivity contribution in [2.75, 3.05) is 7.11 Å². The molecule has 0 fully saturated rings. The van der Waals surface area contributed by atoms with Gasteiger partial charge in [0.15, 0.2) is 0 Å². The van der Waals surface area contributed by atoms with Crippen molar-refractivity contribution in [2.24, 2.45) is 0 Å². The smallest absolute Gasteiger partial charge is 0.134 e. The number of aromatic hydroxyl groups is 1. The normalized spacial score (nSPS) is 9.78. The Morgan fingerprint density at radius 1 is 1.11 bits per heavy atom. The molecule has 2 rings (SSSR count). The first-order valence-corrected chi connectivity index (χ1v) is 6.09. The number of ether oxygens (including phenoxy) is 1. The van der Waals surface area contributed by atoms with E-state index in [2.05, 4.69) is 0 Å². The van der Waals surface area contributed by atoms with Gasteiger partial charge in [0.05, 0.1) is 12.7 Å². The Morgan fingerprint density at radius 3 is 2.33 bits per heavy atom. The van der Waals surface area contributed by atoms with Crippen LogP contribution in [0.5, 0.6) is 11.5 Å². The van der Waals surface area contributed by atoms with Crippen LogP contribution in [0.1, 0.15) is 5.56 Å². The maximum Gasteiger partial charge on any atom is 0.134 e. The van der Waals surface area contributed by atoms with Crippen molar-refractivity contribution in [3.8, 4) is 17.6 Å². The highest BCUT2D eigenvalue weighted by molar-refractivity contribution is 7.99. The van der Waals surface area contributed by atoms with Crippen molar-refractivity contribution in [1.82, 2.24) is 0 Å². The number of benzene rings is 2. The zero-order valence-corrected chi connectivity index (χ0v) is 10.6. The number of phenols is 1. The third kappa shape index (κ3) is 2.76. The van der Waals surface area contributed by atoms with Crippen LogP contribution in [0.3, 0.4) is 0 Å². The molecule has 0 aromatic heterocycles. The van der Waals surface area contributed by atoms with Gasteiger partial charge in [0.1, 0.15) is 17.6 Å². The number of hydrogen-bond donors (Lipinski definition) is 1. The Bertz CT molecular complexity index is 588. The van der Waals surface area contributed by atoms with E-state index in [1.807, 2.05) is 36.4 Å². The SMILES string of the molecule is COc1ccc(Sc2ccc(C#N)c(O)c2)cc1. The predicted molar refractivity (Wildman–Crippen MR) is 69.9 cm³/mol. The van der Waals surface area contributed by atoms with Crippen molar-refractivity contribution in [2.45, 2.75) is 9.79 Å². The molecular formula is C14H11NO2S. The Morgan fingerprint density at radius 2 is 1.78 bits per heavy atom. The summed E-state index contributed by atoms with van der Waals surface area (Å²) in [6, 6.07) is 14.6. The van der Waals surface area contributed by atoms with Crippen LogP contribution in [0.15, 0.2) is 52.3 Å². The number of hydrogen-bond acceptors (Lipinski definition) is 4. The third-order valence-corrected chi connectivity index (χ3v) is 3.38. The standard InChI is InChI=1S/C14H11NO2S/c1-17-11-3-6-12(7-4-11)18-13-5-2-10(9-15)14(16)8-13/h2-8,16H,1H3. The fourth-order valence-electron chi connectivity index (χ4n) is 1.45. The molecule has 0 radical (unpaired) electrons. The Kier molecular flexibility index (Phi) is 3.75. The van der Waals surface area contributed by atoms with Crippen molar-refractivity contribution in [1.29, 1.82) is 5.26 Å². The van der Waals surface area contributed by atoms with Crippen LogP contribution in [0.25, 0.3) is 0 Å². The van der Waals surface area contributed by atoms with E-state index in [9.17, 15) is 5.11 Å². The van der Waals surface area contributed by atoms with E-state index in [1.165, 1.54) is 11.8 Å². The lowest BCUT2D eigenvalue weighted by molar-refractivity contribution is 0.414. The van der Waals surface area contributed by atoms with Crippen LogP contribution < -0.4 is 4.74 Å². The Balaban J connectivity index is 2.18. The molecule has 0 aliphatic heterocycles. The highest BCUT2D eigenvalue weighted by atomic mass is 32.2. The second-order valence-corrected chi connectivity index (χ2v) is 4.72. The number of nitriles is 1. The molecule has 0 atom stereocenters. The van der Waals surface area contributed by atoms with Crippen LogP contribution >= 0.6 is 11.8 Å². The van der Waals surface area contributed by atoms with Gasteiger partial charge < -0.3 is 9.84 Å². The quantitative estimate of drug-likeness (QED) is 0.915. The fourth-order valence-corrected chi connectivity index (χ4v) is 2.30. The van der Waals surface area contributed by atoms with E-state index in [0.717, 1.165) is 15.5 Å². The zero-order chi connectivity index (χ0) is 13.0. The summed E-state index contributed by atoms with van der Waals surface area (Å²) in [7, 11) is 1.63. The molecule has 0 aliphatic carbocycles. The van der Waals surface area contributed by atoms with Gasteiger partial charge in [-0.2, -0.15) is 5.26 Å². The van der Waals surface area contributed by atoms with Crippen molar-refractivity contribution < 1.29 is 9.84 Å². The van der Waals surface area contributed by atoms with Crippen LogP contribution in [0.2, 0.25) is 0 Å². The summed E-state index contributed by atoms with van der Waals surface area (Å²) >= 11 is 1.52. The number of phenolic OH excluding ortho intramolecular Hbond substituents is 1. The second kappa shape index (κ2) is 5.48. The van der Waals surface area contributed by atoms with Crippen LogP contribution in [0, 0.1) is 11.3 Å². The number of nitrogens with zero attached hydrogens (tertiary/aromatic N) is 1. The molecule has 1 N–H and O–H groups in total. The fraction of sp³-hybridized carbons (Fsp3) is 0.0714. The molecule has 0 aliphatic rings. The van der Waals surface area contributed by atoms with Gasteiger partial charge in [0.2, 0.25) is 0 Å². The highest BCUT2D eigenvalue weighted by Crippen LogP contribution is 2.32. The first-order chi connectivity index (χ1) is 8.72. The summed E-state index contributed by atoms with van der Waals surface area (Å²) in [5.74, 6) is 0.818. The van der Waals surface area contributed by atoms with Crippen molar-refractivity contribution >= 4 is 11.8 Å². The largest absolute Gasteiger partial charge is 0.507 e. The van der Waals surface area contributed by atoms with Crippen LogP contribution in [-0.4, -0.2) is 12.2 Å². The van der Waals surface area contributed by atoms with E-state index in [0.29, 0.717) is 0 Å². The van der Waals surface area contributed by atoms with Gasteiger partial charge in [0, 0.05) is 9.79 Å². The summed E-state index contributed by atoms with van der Waals surface area (Å²) in [5.41, 5.74) is 0.286. The molecule has 0 saturated carbocycles. The van der Waals surface area contributed by atoms with Gasteiger partial charge in [-0.1, -0.05) is 11.8 Å².